The standard InChI is InChI=1S/C32H47F3N4O2/c1-4-27-24(3)30-28(14-13-26-31(30)25(32(33,34)35)23-29(40)36-26)39(27)16-12-10-8-6-7-9-11-15-37-17-19-38(20-18-37)21-22-41-5-2/h13-14,23H,4-12,15-22H2,1-3H3,(H,36,40). The van der Waals surface area contributed by atoms with Crippen LogP contribution < -0.4 is 5.56 Å². The van der Waals surface area contributed by atoms with Crippen LogP contribution in [-0.4, -0.2) is 71.8 Å². The van der Waals surface area contributed by atoms with E-state index in [9.17, 15) is 18.0 Å². The molecule has 3 heterocycles. The van der Waals surface area contributed by atoms with Gasteiger partial charge in [-0.3, -0.25) is 9.69 Å². The fourth-order valence-electron chi connectivity index (χ4n) is 6.44. The van der Waals surface area contributed by atoms with E-state index in [4.69, 9.17) is 4.74 Å². The Hall–Kier alpha value is -2.36. The highest BCUT2D eigenvalue weighted by Gasteiger charge is 2.34. The number of nitrogens with one attached hydrogen (secondary N) is 1. The van der Waals surface area contributed by atoms with E-state index < -0.39 is 17.3 Å². The van der Waals surface area contributed by atoms with Crippen molar-refractivity contribution in [1.82, 2.24) is 19.4 Å². The lowest BCUT2D eigenvalue weighted by Crippen LogP contribution is -2.47. The fraction of sp³-hybridized carbons (Fsp3) is 0.656. The van der Waals surface area contributed by atoms with Crippen molar-refractivity contribution >= 4 is 21.8 Å². The monoisotopic (exact) mass is 576 g/mol. The molecule has 0 amide bonds. The van der Waals surface area contributed by atoms with E-state index in [1.54, 1.807) is 6.07 Å². The Morgan fingerprint density at radius 3 is 2.07 bits per heavy atom. The largest absolute Gasteiger partial charge is 0.417 e. The first-order chi connectivity index (χ1) is 19.7. The Bertz CT molecular complexity index is 1320. The number of hydrogen-bond acceptors (Lipinski definition) is 4. The number of hydrogen-bond donors (Lipinski definition) is 1. The summed E-state index contributed by atoms with van der Waals surface area (Å²) in [6.45, 7) is 15.2. The fourth-order valence-corrected chi connectivity index (χ4v) is 6.44. The smallest absolute Gasteiger partial charge is 0.380 e. The molecule has 1 fully saturated rings. The van der Waals surface area contributed by atoms with Gasteiger partial charge in [0.1, 0.15) is 0 Å². The minimum absolute atomic E-state index is 0.101. The number of benzene rings is 1. The zero-order chi connectivity index (χ0) is 29.4. The van der Waals surface area contributed by atoms with Gasteiger partial charge in [0, 0.05) is 79.4 Å². The molecule has 0 spiro atoms. The number of aryl methyl sites for hydroxylation is 2. The summed E-state index contributed by atoms with van der Waals surface area (Å²) in [6, 6.07) is 4.17. The number of piperazine rings is 1. The topological polar surface area (TPSA) is 53.5 Å². The molecule has 41 heavy (non-hydrogen) atoms. The Labute approximate surface area is 241 Å². The summed E-state index contributed by atoms with van der Waals surface area (Å²) in [5.41, 5.74) is 1.41. The van der Waals surface area contributed by atoms with Crippen LogP contribution in [0.4, 0.5) is 13.2 Å². The van der Waals surface area contributed by atoms with Crippen LogP contribution in [0.25, 0.3) is 21.8 Å². The highest BCUT2D eigenvalue weighted by atomic mass is 19.4. The average Bonchev–Trinajstić information content (AvgIpc) is 3.22. The van der Waals surface area contributed by atoms with Crippen molar-refractivity contribution in [3.05, 3.63) is 45.4 Å². The number of H-pyrrole nitrogens is 1. The molecule has 0 bridgehead atoms. The third-order valence-electron chi connectivity index (χ3n) is 8.63. The molecule has 0 atom stereocenters. The van der Waals surface area contributed by atoms with Crippen molar-refractivity contribution in [1.29, 1.82) is 0 Å². The van der Waals surface area contributed by atoms with Crippen LogP contribution in [0.1, 0.15) is 75.6 Å². The maximum atomic E-state index is 13.9. The Morgan fingerprint density at radius 1 is 0.854 bits per heavy atom. The van der Waals surface area contributed by atoms with Crippen molar-refractivity contribution in [2.45, 2.75) is 84.9 Å². The Kier molecular flexibility index (Phi) is 11.3. The lowest BCUT2D eigenvalue weighted by Gasteiger charge is -2.34. The lowest BCUT2D eigenvalue weighted by atomic mass is 10.0. The summed E-state index contributed by atoms with van der Waals surface area (Å²) >= 11 is 0. The zero-order valence-corrected chi connectivity index (χ0v) is 25.0. The Morgan fingerprint density at radius 2 is 1.46 bits per heavy atom. The van der Waals surface area contributed by atoms with E-state index in [2.05, 4.69) is 26.3 Å². The van der Waals surface area contributed by atoms with E-state index in [1.165, 1.54) is 38.6 Å². The normalized spacial score (nSPS) is 15.5. The van der Waals surface area contributed by atoms with Crippen molar-refractivity contribution in [3.63, 3.8) is 0 Å². The molecule has 0 radical (unpaired) electrons. The molecule has 0 aliphatic carbocycles. The number of halogens is 3. The van der Waals surface area contributed by atoms with Gasteiger partial charge in [0.25, 0.3) is 0 Å². The number of alkyl halides is 3. The van der Waals surface area contributed by atoms with E-state index in [1.807, 2.05) is 19.9 Å². The van der Waals surface area contributed by atoms with E-state index in [0.29, 0.717) is 11.5 Å². The van der Waals surface area contributed by atoms with Crippen molar-refractivity contribution < 1.29 is 17.9 Å². The molecule has 0 unspecified atom stereocenters. The molecular weight excluding hydrogens is 529 g/mol. The van der Waals surface area contributed by atoms with Crippen molar-refractivity contribution in [3.8, 4) is 0 Å². The van der Waals surface area contributed by atoms with Crippen molar-refractivity contribution in [2.75, 3.05) is 52.5 Å². The molecule has 4 rings (SSSR count). The molecule has 6 nitrogen and oxygen atoms in total. The average molecular weight is 577 g/mol. The van der Waals surface area contributed by atoms with Crippen LogP contribution >= 0.6 is 0 Å². The van der Waals surface area contributed by atoms with Crippen LogP contribution in [0, 0.1) is 6.92 Å². The minimum atomic E-state index is -4.60. The van der Waals surface area contributed by atoms with Gasteiger partial charge in [0.15, 0.2) is 0 Å². The van der Waals surface area contributed by atoms with E-state index in [-0.39, 0.29) is 10.9 Å². The van der Waals surface area contributed by atoms with Gasteiger partial charge in [-0.2, -0.15) is 13.2 Å². The second-order valence-corrected chi connectivity index (χ2v) is 11.4. The molecule has 1 aromatic carbocycles. The maximum absolute atomic E-state index is 13.9. The van der Waals surface area contributed by atoms with Gasteiger partial charge < -0.3 is 19.2 Å². The molecule has 0 saturated carbocycles. The first kappa shape index (κ1) is 31.6. The second kappa shape index (κ2) is 14.7. The van der Waals surface area contributed by atoms with Crippen LogP contribution in [-0.2, 0) is 23.9 Å². The third-order valence-corrected chi connectivity index (χ3v) is 8.63. The summed E-state index contributed by atoms with van der Waals surface area (Å²) in [4.78, 5) is 19.6. The summed E-state index contributed by atoms with van der Waals surface area (Å²) in [7, 11) is 0. The van der Waals surface area contributed by atoms with Gasteiger partial charge in [-0.15, -0.1) is 0 Å². The summed E-state index contributed by atoms with van der Waals surface area (Å²) < 4.78 is 49.5. The zero-order valence-electron chi connectivity index (χ0n) is 25.0. The molecule has 9 heteroatoms. The maximum Gasteiger partial charge on any atom is 0.417 e. The highest BCUT2D eigenvalue weighted by Crippen LogP contribution is 2.39. The molecule has 3 aromatic rings. The van der Waals surface area contributed by atoms with Gasteiger partial charge >= 0.3 is 6.18 Å². The molecule has 1 aliphatic heterocycles. The van der Waals surface area contributed by atoms with Crippen LogP contribution in [0.3, 0.4) is 0 Å². The lowest BCUT2D eigenvalue weighted by molar-refractivity contribution is -0.136. The number of rotatable bonds is 15. The highest BCUT2D eigenvalue weighted by molar-refractivity contribution is 6.09. The number of fused-ring (bicyclic) bond motifs is 3. The summed E-state index contributed by atoms with van der Waals surface area (Å²) in [5.74, 6) is 0. The van der Waals surface area contributed by atoms with E-state index in [0.717, 1.165) is 88.5 Å². The van der Waals surface area contributed by atoms with E-state index >= 15 is 0 Å². The van der Waals surface area contributed by atoms with Gasteiger partial charge in [-0.25, -0.2) is 0 Å². The number of nitrogens with zero attached hydrogens (tertiary/aromatic N) is 3. The Balaban J connectivity index is 1.24. The number of aromatic amines is 1. The predicted octanol–water partition coefficient (Wildman–Crippen LogP) is 6.76. The molecule has 1 N–H and O–H groups in total. The minimum Gasteiger partial charge on any atom is -0.380 e. The first-order valence-electron chi connectivity index (χ1n) is 15.5. The summed E-state index contributed by atoms with van der Waals surface area (Å²) in [6.07, 6.45) is 4.44. The SMILES string of the molecule is CCOCCN1CCN(CCCCCCCCCn2c(CC)c(C)c3c4c(C(F)(F)F)cc(=O)[nH]c4ccc32)CC1. The number of unbranched alkanes of at least 4 members (excludes halogenated alkanes) is 6. The molecule has 2 aromatic heterocycles. The number of pyridine rings is 1. The van der Waals surface area contributed by atoms with Crippen LogP contribution in [0.2, 0.25) is 0 Å². The van der Waals surface area contributed by atoms with Gasteiger partial charge in [-0.1, -0.05) is 39.0 Å². The quantitative estimate of drug-likeness (QED) is 0.203. The van der Waals surface area contributed by atoms with Gasteiger partial charge in [0.05, 0.1) is 12.2 Å². The molecule has 1 saturated heterocycles. The molecular formula is C32H47F3N4O2. The molecule has 1 aliphatic rings. The second-order valence-electron chi connectivity index (χ2n) is 11.4. The third kappa shape index (κ3) is 7.93. The number of aromatic nitrogens is 2. The van der Waals surface area contributed by atoms with Gasteiger partial charge in [-0.05, 0) is 57.4 Å². The molecule has 228 valence electrons. The van der Waals surface area contributed by atoms with Crippen LogP contribution in [0.5, 0.6) is 0 Å². The summed E-state index contributed by atoms with van der Waals surface area (Å²) in [5, 5.41) is 0.707. The first-order valence-corrected chi connectivity index (χ1v) is 15.5. The number of ether oxygens (including phenoxy) is 1. The van der Waals surface area contributed by atoms with Crippen LogP contribution in [0.15, 0.2) is 23.0 Å². The predicted molar refractivity (Wildman–Crippen MR) is 161 cm³/mol. The van der Waals surface area contributed by atoms with Crippen molar-refractivity contribution in [2.24, 2.45) is 0 Å². The van der Waals surface area contributed by atoms with Gasteiger partial charge in [0.2, 0.25) is 5.56 Å².